The van der Waals surface area contributed by atoms with Crippen molar-refractivity contribution in [1.82, 2.24) is 10.6 Å². The number of urea groups is 1. The number of alkyl halides is 2. The number of benzene rings is 1. The quantitative estimate of drug-likeness (QED) is 0.610. The van der Waals surface area contributed by atoms with E-state index >= 15 is 0 Å². The molecule has 1 rings (SSSR count). The van der Waals surface area contributed by atoms with Crippen LogP contribution in [0.1, 0.15) is 24.2 Å². The lowest BCUT2D eigenvalue weighted by Crippen LogP contribution is -2.44. The Morgan fingerprint density at radius 2 is 1.83 bits per heavy atom. The van der Waals surface area contributed by atoms with Gasteiger partial charge in [0.1, 0.15) is 0 Å². The van der Waals surface area contributed by atoms with E-state index in [-0.39, 0.29) is 5.56 Å². The molecule has 23 heavy (non-hydrogen) atoms. The summed E-state index contributed by atoms with van der Waals surface area (Å²) in [6.45, 7) is 3.34. The van der Waals surface area contributed by atoms with Crippen molar-refractivity contribution in [2.24, 2.45) is 0 Å². The number of imide groups is 1. The van der Waals surface area contributed by atoms with Crippen LogP contribution in [0.3, 0.4) is 0 Å². The molecule has 126 valence electrons. The van der Waals surface area contributed by atoms with Crippen LogP contribution >= 0.6 is 11.8 Å². The Labute approximate surface area is 136 Å². The molecule has 0 aliphatic heterocycles. The number of esters is 1. The summed E-state index contributed by atoms with van der Waals surface area (Å²) in [6.07, 6.45) is -1.18. The number of ether oxygens (including phenoxy) is 1. The van der Waals surface area contributed by atoms with E-state index in [0.717, 1.165) is 0 Å². The topological polar surface area (TPSA) is 84.5 Å². The molecule has 0 saturated carbocycles. The molecule has 0 fully saturated rings. The first-order valence-electron chi connectivity index (χ1n) is 6.68. The van der Waals surface area contributed by atoms with Gasteiger partial charge in [0.15, 0.2) is 6.10 Å². The number of amides is 3. The van der Waals surface area contributed by atoms with Gasteiger partial charge in [-0.15, -0.1) is 0 Å². The highest BCUT2D eigenvalue weighted by Gasteiger charge is 2.20. The summed E-state index contributed by atoms with van der Waals surface area (Å²) in [5, 5.41) is 4.38. The lowest BCUT2D eigenvalue weighted by Gasteiger charge is -2.13. The first-order chi connectivity index (χ1) is 10.8. The SMILES string of the molecule is CCNC(=O)NC(=O)C(C)OC(=O)c1ccc(SC(F)F)cc1. The van der Waals surface area contributed by atoms with Crippen LogP contribution in [0.4, 0.5) is 13.6 Å². The van der Waals surface area contributed by atoms with Crippen molar-refractivity contribution in [1.29, 1.82) is 0 Å². The predicted octanol–water partition coefficient (Wildman–Crippen LogP) is 2.39. The minimum absolute atomic E-state index is 0.112. The molecule has 0 aliphatic rings. The van der Waals surface area contributed by atoms with Crippen LogP contribution in [0.5, 0.6) is 0 Å². The van der Waals surface area contributed by atoms with Gasteiger partial charge in [-0.3, -0.25) is 10.1 Å². The Kier molecular flexibility index (Phi) is 7.46. The molecule has 0 aromatic heterocycles. The Hall–Kier alpha value is -2.16. The normalized spacial score (nSPS) is 11.7. The third-order valence-corrected chi connectivity index (χ3v) is 3.26. The highest BCUT2D eigenvalue weighted by Crippen LogP contribution is 2.25. The van der Waals surface area contributed by atoms with Crippen LogP contribution in [-0.4, -0.2) is 36.3 Å². The summed E-state index contributed by atoms with van der Waals surface area (Å²) in [5.41, 5.74) is 0.112. The van der Waals surface area contributed by atoms with E-state index in [1.807, 2.05) is 5.32 Å². The fraction of sp³-hybridized carbons (Fsp3) is 0.357. The van der Waals surface area contributed by atoms with E-state index in [9.17, 15) is 23.2 Å². The molecule has 0 radical (unpaired) electrons. The Balaban J connectivity index is 2.57. The first kappa shape index (κ1) is 18.9. The fourth-order valence-corrected chi connectivity index (χ4v) is 1.97. The molecule has 0 spiro atoms. The maximum absolute atomic E-state index is 12.2. The highest BCUT2D eigenvalue weighted by atomic mass is 32.2. The van der Waals surface area contributed by atoms with Crippen LogP contribution in [0.2, 0.25) is 0 Å². The van der Waals surface area contributed by atoms with E-state index in [4.69, 9.17) is 4.74 Å². The molecule has 1 atom stereocenters. The highest BCUT2D eigenvalue weighted by molar-refractivity contribution is 7.99. The molecule has 2 N–H and O–H groups in total. The number of halogens is 2. The summed E-state index contributed by atoms with van der Waals surface area (Å²) in [7, 11) is 0. The molecule has 0 heterocycles. The smallest absolute Gasteiger partial charge is 0.338 e. The lowest BCUT2D eigenvalue weighted by atomic mass is 10.2. The fourth-order valence-electron chi connectivity index (χ4n) is 1.47. The standard InChI is InChI=1S/C14H16F2N2O4S/c1-3-17-14(21)18-11(19)8(2)22-12(20)9-4-6-10(7-5-9)23-13(15)16/h4-8,13H,3H2,1-2H3,(H2,17,18,19,21). The average molecular weight is 346 g/mol. The maximum Gasteiger partial charge on any atom is 0.338 e. The van der Waals surface area contributed by atoms with Gasteiger partial charge in [0.2, 0.25) is 0 Å². The largest absolute Gasteiger partial charge is 0.449 e. The van der Waals surface area contributed by atoms with Crippen molar-refractivity contribution < 1.29 is 27.9 Å². The average Bonchev–Trinajstić information content (AvgIpc) is 2.47. The Morgan fingerprint density at radius 1 is 1.22 bits per heavy atom. The zero-order chi connectivity index (χ0) is 17.4. The van der Waals surface area contributed by atoms with Gasteiger partial charge in [0.25, 0.3) is 11.7 Å². The summed E-state index contributed by atoms with van der Waals surface area (Å²) >= 11 is 0.355. The monoisotopic (exact) mass is 346 g/mol. The molecule has 6 nitrogen and oxygen atoms in total. The van der Waals surface area contributed by atoms with E-state index in [0.29, 0.717) is 23.2 Å². The molecule has 3 amide bonds. The van der Waals surface area contributed by atoms with Gasteiger partial charge in [-0.05, 0) is 38.1 Å². The molecule has 0 bridgehead atoms. The third kappa shape index (κ3) is 6.64. The van der Waals surface area contributed by atoms with Gasteiger partial charge in [-0.2, -0.15) is 8.78 Å². The van der Waals surface area contributed by atoms with Crippen LogP contribution < -0.4 is 10.6 Å². The van der Waals surface area contributed by atoms with Crippen molar-refractivity contribution in [2.45, 2.75) is 30.6 Å². The summed E-state index contributed by atoms with van der Waals surface area (Å²) in [5.74, 6) is -4.11. The number of carbonyl (C=O) groups excluding carboxylic acids is 3. The minimum atomic E-state index is -2.55. The predicted molar refractivity (Wildman–Crippen MR) is 80.4 cm³/mol. The number of nitrogens with one attached hydrogen (secondary N) is 2. The molecule has 1 unspecified atom stereocenters. The van der Waals surface area contributed by atoms with Crippen molar-refractivity contribution in [3.63, 3.8) is 0 Å². The second-order valence-corrected chi connectivity index (χ2v) is 5.36. The van der Waals surface area contributed by atoms with E-state index in [1.165, 1.54) is 31.2 Å². The van der Waals surface area contributed by atoms with Crippen molar-refractivity contribution in [2.75, 3.05) is 6.54 Å². The van der Waals surface area contributed by atoms with Crippen LogP contribution in [-0.2, 0) is 9.53 Å². The molecular weight excluding hydrogens is 330 g/mol. The van der Waals surface area contributed by atoms with Crippen molar-refractivity contribution in [3.05, 3.63) is 29.8 Å². The molecule has 0 aliphatic carbocycles. The van der Waals surface area contributed by atoms with Gasteiger partial charge < -0.3 is 10.1 Å². The van der Waals surface area contributed by atoms with Crippen LogP contribution in [0.15, 0.2) is 29.2 Å². The molecule has 0 saturated heterocycles. The minimum Gasteiger partial charge on any atom is -0.449 e. The zero-order valence-corrected chi connectivity index (χ0v) is 13.3. The number of carbonyl (C=O) groups is 3. The second kappa shape index (κ2) is 9.09. The first-order valence-corrected chi connectivity index (χ1v) is 7.56. The van der Waals surface area contributed by atoms with Gasteiger partial charge in [-0.1, -0.05) is 11.8 Å². The van der Waals surface area contributed by atoms with E-state index in [1.54, 1.807) is 6.92 Å². The number of thioether (sulfide) groups is 1. The third-order valence-electron chi connectivity index (χ3n) is 2.54. The Bertz CT molecular complexity index is 566. The zero-order valence-electron chi connectivity index (χ0n) is 12.5. The van der Waals surface area contributed by atoms with E-state index in [2.05, 4.69) is 5.32 Å². The van der Waals surface area contributed by atoms with Gasteiger partial charge in [0, 0.05) is 11.4 Å². The lowest BCUT2D eigenvalue weighted by molar-refractivity contribution is -0.127. The number of rotatable bonds is 6. The second-order valence-electron chi connectivity index (χ2n) is 4.30. The van der Waals surface area contributed by atoms with Crippen molar-refractivity contribution >= 4 is 29.7 Å². The van der Waals surface area contributed by atoms with Crippen molar-refractivity contribution in [3.8, 4) is 0 Å². The van der Waals surface area contributed by atoms with Crippen LogP contribution in [0.25, 0.3) is 0 Å². The number of hydrogen-bond donors (Lipinski definition) is 2. The van der Waals surface area contributed by atoms with E-state index < -0.39 is 29.8 Å². The maximum atomic E-state index is 12.2. The number of hydrogen-bond acceptors (Lipinski definition) is 5. The summed E-state index contributed by atoms with van der Waals surface area (Å²) in [4.78, 5) is 35.0. The van der Waals surface area contributed by atoms with Gasteiger partial charge in [0.05, 0.1) is 5.56 Å². The summed E-state index contributed by atoms with van der Waals surface area (Å²) < 4.78 is 29.3. The van der Waals surface area contributed by atoms with Gasteiger partial charge in [-0.25, -0.2) is 9.59 Å². The van der Waals surface area contributed by atoms with Crippen LogP contribution in [0, 0.1) is 0 Å². The van der Waals surface area contributed by atoms with Gasteiger partial charge >= 0.3 is 12.0 Å². The molecule has 1 aromatic rings. The Morgan fingerprint density at radius 3 is 2.35 bits per heavy atom. The molecule has 1 aromatic carbocycles. The molecule has 9 heteroatoms. The summed E-state index contributed by atoms with van der Waals surface area (Å²) in [6, 6.07) is 4.66. The molecular formula is C14H16F2N2O4S.